The van der Waals surface area contributed by atoms with Crippen molar-refractivity contribution in [3.8, 4) is 0 Å². The second-order valence-corrected chi connectivity index (χ2v) is 8.82. The molecular formula is C22H26N4. The summed E-state index contributed by atoms with van der Waals surface area (Å²) in [6, 6.07) is 14.1. The maximum Gasteiger partial charge on any atom is 0.155 e. The molecular weight excluding hydrogens is 320 g/mol. The van der Waals surface area contributed by atoms with Gasteiger partial charge in [-0.05, 0) is 18.4 Å². The Hall–Kier alpha value is -2.20. The van der Waals surface area contributed by atoms with E-state index in [0.717, 1.165) is 24.3 Å². The zero-order valence-corrected chi connectivity index (χ0v) is 15.8. The third kappa shape index (κ3) is 2.47. The van der Waals surface area contributed by atoms with E-state index in [1.807, 2.05) is 0 Å². The van der Waals surface area contributed by atoms with Crippen molar-refractivity contribution in [2.45, 2.75) is 64.1 Å². The first-order valence-corrected chi connectivity index (χ1v) is 9.68. The normalized spacial score (nSPS) is 22.7. The van der Waals surface area contributed by atoms with Gasteiger partial charge in [0.25, 0.3) is 0 Å². The van der Waals surface area contributed by atoms with Crippen molar-refractivity contribution in [2.24, 2.45) is 0 Å². The van der Waals surface area contributed by atoms with Crippen molar-refractivity contribution in [1.29, 1.82) is 0 Å². The number of aromatic nitrogens is 3. The fourth-order valence-corrected chi connectivity index (χ4v) is 4.59. The van der Waals surface area contributed by atoms with Crippen LogP contribution in [-0.4, -0.2) is 25.5 Å². The van der Waals surface area contributed by atoms with Gasteiger partial charge in [0.15, 0.2) is 5.65 Å². The lowest BCUT2D eigenvalue weighted by atomic mass is 9.93. The zero-order chi connectivity index (χ0) is 17.9. The molecule has 0 amide bonds. The van der Waals surface area contributed by atoms with Crippen LogP contribution in [0.2, 0.25) is 0 Å². The largest absolute Gasteiger partial charge is 0.289 e. The summed E-state index contributed by atoms with van der Waals surface area (Å²) in [7, 11) is 0. The smallest absolute Gasteiger partial charge is 0.155 e. The molecule has 2 aliphatic heterocycles. The van der Waals surface area contributed by atoms with Gasteiger partial charge in [-0.25, -0.2) is 9.50 Å². The molecule has 0 aliphatic carbocycles. The highest BCUT2D eigenvalue weighted by Crippen LogP contribution is 2.44. The first-order valence-electron chi connectivity index (χ1n) is 9.68. The van der Waals surface area contributed by atoms with Crippen LogP contribution in [0.3, 0.4) is 0 Å². The number of hydrogen-bond acceptors (Lipinski definition) is 3. The molecule has 0 spiro atoms. The van der Waals surface area contributed by atoms with Gasteiger partial charge >= 0.3 is 0 Å². The van der Waals surface area contributed by atoms with Crippen LogP contribution in [0.25, 0.3) is 5.65 Å². The summed E-state index contributed by atoms with van der Waals surface area (Å²) in [5.41, 5.74) is 6.32. The first-order chi connectivity index (χ1) is 12.5. The fraction of sp³-hybridized carbons (Fsp3) is 0.455. The summed E-state index contributed by atoms with van der Waals surface area (Å²) in [5.74, 6) is 0. The highest BCUT2D eigenvalue weighted by Gasteiger charge is 2.41. The quantitative estimate of drug-likeness (QED) is 0.694. The molecule has 134 valence electrons. The van der Waals surface area contributed by atoms with Crippen molar-refractivity contribution in [2.75, 3.05) is 0 Å². The Labute approximate surface area is 154 Å². The Balaban J connectivity index is 1.55. The number of rotatable bonds is 2. The van der Waals surface area contributed by atoms with Gasteiger partial charge in [0.05, 0.1) is 11.4 Å². The van der Waals surface area contributed by atoms with Gasteiger partial charge in [-0.1, -0.05) is 51.1 Å². The monoisotopic (exact) mass is 346 g/mol. The Kier molecular flexibility index (Phi) is 3.48. The summed E-state index contributed by atoms with van der Waals surface area (Å²) >= 11 is 0. The van der Waals surface area contributed by atoms with Crippen molar-refractivity contribution >= 4 is 5.65 Å². The minimum Gasteiger partial charge on any atom is -0.289 e. The molecule has 26 heavy (non-hydrogen) atoms. The van der Waals surface area contributed by atoms with E-state index in [1.54, 1.807) is 0 Å². The predicted octanol–water partition coefficient (Wildman–Crippen LogP) is 4.29. The van der Waals surface area contributed by atoms with Gasteiger partial charge < -0.3 is 0 Å². The van der Waals surface area contributed by atoms with E-state index >= 15 is 0 Å². The molecule has 0 N–H and O–H groups in total. The van der Waals surface area contributed by atoms with Gasteiger partial charge in [-0.2, -0.15) is 5.10 Å². The Morgan fingerprint density at radius 1 is 1.12 bits per heavy atom. The lowest BCUT2D eigenvalue weighted by Gasteiger charge is -2.36. The summed E-state index contributed by atoms with van der Waals surface area (Å²) in [5, 5.41) is 4.94. The van der Waals surface area contributed by atoms with Gasteiger partial charge in [-0.15, -0.1) is 0 Å². The number of nitrogens with zero attached hydrogens (tertiary/aromatic N) is 4. The van der Waals surface area contributed by atoms with E-state index in [9.17, 15) is 0 Å². The SMILES string of the molecule is CC(C)(C)c1cc2ncc3c(n2n1)CC1CCC3N1Cc1ccccc1. The summed E-state index contributed by atoms with van der Waals surface area (Å²) in [4.78, 5) is 7.44. The Morgan fingerprint density at radius 2 is 1.92 bits per heavy atom. The summed E-state index contributed by atoms with van der Waals surface area (Å²) in [6.45, 7) is 7.67. The molecule has 2 aromatic heterocycles. The highest BCUT2D eigenvalue weighted by molar-refractivity contribution is 5.45. The molecule has 1 fully saturated rings. The average molecular weight is 346 g/mol. The minimum atomic E-state index is 0.0492. The number of hydrogen-bond donors (Lipinski definition) is 0. The fourth-order valence-electron chi connectivity index (χ4n) is 4.59. The van der Waals surface area contributed by atoms with Crippen LogP contribution in [0.15, 0.2) is 42.6 Å². The maximum atomic E-state index is 4.94. The Morgan fingerprint density at radius 3 is 2.69 bits per heavy atom. The number of benzene rings is 1. The molecule has 4 nitrogen and oxygen atoms in total. The minimum absolute atomic E-state index is 0.0492. The molecule has 1 saturated heterocycles. The highest BCUT2D eigenvalue weighted by atomic mass is 15.3. The van der Waals surface area contributed by atoms with Crippen LogP contribution in [0.5, 0.6) is 0 Å². The van der Waals surface area contributed by atoms with Crippen LogP contribution in [0, 0.1) is 0 Å². The molecule has 4 heterocycles. The standard InChI is InChI=1S/C22H26N4/c1-22(2,3)20-12-21-23-13-17-18-10-9-16(11-19(17)26(21)24-20)25(18)14-15-7-5-4-6-8-15/h4-8,12-13,16,18H,9-11,14H2,1-3H3. The second-order valence-electron chi connectivity index (χ2n) is 8.82. The van der Waals surface area contributed by atoms with Crippen LogP contribution in [-0.2, 0) is 18.4 Å². The molecule has 5 rings (SSSR count). The van der Waals surface area contributed by atoms with E-state index in [0.29, 0.717) is 12.1 Å². The van der Waals surface area contributed by atoms with Crippen molar-refractivity contribution in [3.05, 3.63) is 65.1 Å². The Bertz CT molecular complexity index is 951. The summed E-state index contributed by atoms with van der Waals surface area (Å²) < 4.78 is 2.13. The van der Waals surface area contributed by atoms with Crippen LogP contribution >= 0.6 is 0 Å². The lowest BCUT2D eigenvalue weighted by Crippen LogP contribution is -2.38. The van der Waals surface area contributed by atoms with Crippen LogP contribution in [0.4, 0.5) is 0 Å². The van der Waals surface area contributed by atoms with Gasteiger partial charge in [0, 0.05) is 48.3 Å². The second kappa shape index (κ2) is 5.65. The van der Waals surface area contributed by atoms with Crippen LogP contribution < -0.4 is 0 Å². The molecule has 2 atom stereocenters. The predicted molar refractivity (Wildman–Crippen MR) is 103 cm³/mol. The molecule has 4 heteroatoms. The first kappa shape index (κ1) is 16.0. The summed E-state index contributed by atoms with van der Waals surface area (Å²) in [6.07, 6.45) is 5.68. The average Bonchev–Trinajstić information content (AvgIpc) is 3.16. The third-order valence-corrected chi connectivity index (χ3v) is 6.02. The van der Waals surface area contributed by atoms with Crippen molar-refractivity contribution in [3.63, 3.8) is 0 Å². The van der Waals surface area contributed by atoms with E-state index < -0.39 is 0 Å². The van der Waals surface area contributed by atoms with Gasteiger partial charge in [0.2, 0.25) is 0 Å². The molecule has 2 bridgehead atoms. The van der Waals surface area contributed by atoms with Gasteiger partial charge in [-0.3, -0.25) is 4.90 Å². The third-order valence-electron chi connectivity index (χ3n) is 6.02. The molecule has 0 saturated carbocycles. The van der Waals surface area contributed by atoms with E-state index in [1.165, 1.54) is 29.7 Å². The molecule has 1 aromatic carbocycles. The van der Waals surface area contributed by atoms with Gasteiger partial charge in [0.1, 0.15) is 0 Å². The molecule has 2 aliphatic rings. The molecule has 0 radical (unpaired) electrons. The van der Waals surface area contributed by atoms with E-state index in [-0.39, 0.29) is 5.41 Å². The maximum absolute atomic E-state index is 4.94. The molecule has 2 unspecified atom stereocenters. The molecule has 3 aromatic rings. The number of fused-ring (bicyclic) bond motifs is 6. The van der Waals surface area contributed by atoms with Crippen LogP contribution in [0.1, 0.15) is 62.2 Å². The lowest BCUT2D eigenvalue weighted by molar-refractivity contribution is 0.165. The zero-order valence-electron chi connectivity index (χ0n) is 15.8. The van der Waals surface area contributed by atoms with Crippen molar-refractivity contribution < 1.29 is 0 Å². The topological polar surface area (TPSA) is 33.4 Å². The van der Waals surface area contributed by atoms with Crippen molar-refractivity contribution in [1.82, 2.24) is 19.5 Å². The van der Waals surface area contributed by atoms with E-state index in [4.69, 9.17) is 10.1 Å². The van der Waals surface area contributed by atoms with E-state index in [2.05, 4.69) is 72.8 Å².